The highest BCUT2D eigenvalue weighted by atomic mass is 16.5. The van der Waals surface area contributed by atoms with Crippen LogP contribution in [0.25, 0.3) is 0 Å². The first-order chi connectivity index (χ1) is 8.93. The second-order valence-corrected chi connectivity index (χ2v) is 5.65. The summed E-state index contributed by atoms with van der Waals surface area (Å²) in [4.78, 5) is 12.0. The third kappa shape index (κ3) is 3.50. The summed E-state index contributed by atoms with van der Waals surface area (Å²) in [6.45, 7) is 4.27. The van der Waals surface area contributed by atoms with Crippen LogP contribution in [0.5, 0.6) is 0 Å². The largest absolute Gasteiger partial charge is 0.461 e. The summed E-state index contributed by atoms with van der Waals surface area (Å²) >= 11 is 0. The number of esters is 1. The number of rotatable bonds is 6. The Morgan fingerprint density at radius 3 is 2.79 bits per heavy atom. The molecule has 0 radical (unpaired) electrons. The maximum Gasteiger partial charge on any atom is 0.355 e. The van der Waals surface area contributed by atoms with Crippen molar-refractivity contribution in [3.8, 4) is 0 Å². The van der Waals surface area contributed by atoms with Crippen LogP contribution >= 0.6 is 0 Å². The van der Waals surface area contributed by atoms with Gasteiger partial charge in [-0.1, -0.05) is 0 Å². The minimum Gasteiger partial charge on any atom is -0.461 e. The lowest BCUT2D eigenvalue weighted by molar-refractivity contribution is -0.00594. The first-order valence-corrected chi connectivity index (χ1v) is 6.62. The Labute approximate surface area is 113 Å². The molecule has 0 aliphatic heterocycles. The zero-order chi connectivity index (χ0) is 14.0. The van der Waals surface area contributed by atoms with E-state index in [9.17, 15) is 4.79 Å². The highest BCUT2D eigenvalue weighted by Gasteiger charge is 2.28. The van der Waals surface area contributed by atoms with E-state index in [-0.39, 0.29) is 11.6 Å². The van der Waals surface area contributed by atoms with Gasteiger partial charge in [-0.15, -0.1) is 0 Å². The van der Waals surface area contributed by atoms with Crippen LogP contribution in [0.3, 0.4) is 0 Å². The lowest BCUT2D eigenvalue weighted by Crippen LogP contribution is -2.25. The molecule has 1 fully saturated rings. The van der Waals surface area contributed by atoms with Crippen LogP contribution in [-0.4, -0.2) is 29.9 Å². The second kappa shape index (κ2) is 5.25. The molecule has 19 heavy (non-hydrogen) atoms. The normalized spacial score (nSPS) is 15.5. The molecular formula is C14H22N2O3. The summed E-state index contributed by atoms with van der Waals surface area (Å²) in [7, 11) is 1.65. The Morgan fingerprint density at radius 2 is 2.21 bits per heavy atom. The van der Waals surface area contributed by atoms with E-state index in [2.05, 4.69) is 0 Å². The molecule has 1 aromatic rings. The number of anilines is 1. The molecule has 0 amide bonds. The lowest BCUT2D eigenvalue weighted by atomic mass is 10.1. The average Bonchev–Trinajstić information content (AvgIpc) is 3.12. The van der Waals surface area contributed by atoms with Gasteiger partial charge in [-0.2, -0.15) is 0 Å². The molecule has 2 N–H and O–H groups in total. The Balaban J connectivity index is 1.93. The fraction of sp³-hybridized carbons (Fsp3) is 0.643. The smallest absolute Gasteiger partial charge is 0.355 e. The van der Waals surface area contributed by atoms with Crippen LogP contribution in [0.4, 0.5) is 5.69 Å². The van der Waals surface area contributed by atoms with Gasteiger partial charge >= 0.3 is 5.97 Å². The molecule has 0 spiro atoms. The van der Waals surface area contributed by atoms with Gasteiger partial charge in [-0.25, -0.2) is 4.79 Å². The maximum absolute atomic E-state index is 12.0. The van der Waals surface area contributed by atoms with Gasteiger partial charge in [0.25, 0.3) is 0 Å². The van der Waals surface area contributed by atoms with Crippen LogP contribution < -0.4 is 5.73 Å². The van der Waals surface area contributed by atoms with Crippen molar-refractivity contribution in [1.82, 2.24) is 4.57 Å². The fourth-order valence-electron chi connectivity index (χ4n) is 1.88. The van der Waals surface area contributed by atoms with Crippen molar-refractivity contribution in [3.05, 3.63) is 18.0 Å². The molecule has 1 aromatic heterocycles. The molecule has 5 nitrogen and oxygen atoms in total. The van der Waals surface area contributed by atoms with Crippen molar-refractivity contribution in [1.29, 1.82) is 0 Å². The van der Waals surface area contributed by atoms with Gasteiger partial charge in [0.15, 0.2) is 0 Å². The van der Waals surface area contributed by atoms with Gasteiger partial charge in [0, 0.05) is 25.8 Å². The van der Waals surface area contributed by atoms with Crippen molar-refractivity contribution in [3.63, 3.8) is 0 Å². The molecule has 0 saturated heterocycles. The molecule has 5 heteroatoms. The Morgan fingerprint density at radius 1 is 1.53 bits per heavy atom. The Hall–Kier alpha value is -1.49. The molecule has 0 bridgehead atoms. The quantitative estimate of drug-likeness (QED) is 0.803. The summed E-state index contributed by atoms with van der Waals surface area (Å²) in [5, 5.41) is 0. The highest BCUT2D eigenvalue weighted by molar-refractivity contribution is 5.89. The number of nitrogens with zero attached hydrogens (tertiary/aromatic N) is 1. The first-order valence-electron chi connectivity index (χ1n) is 6.62. The van der Waals surface area contributed by atoms with E-state index in [0.717, 1.165) is 12.8 Å². The summed E-state index contributed by atoms with van der Waals surface area (Å²) < 4.78 is 12.5. The number of nitrogens with two attached hydrogens (primary N) is 1. The van der Waals surface area contributed by atoms with E-state index >= 15 is 0 Å². The summed E-state index contributed by atoms with van der Waals surface area (Å²) in [6, 6.07) is 2.09. The lowest BCUT2D eigenvalue weighted by Gasteiger charge is -2.22. The summed E-state index contributed by atoms with van der Waals surface area (Å²) in [5.74, 6) is -0.310. The fourth-order valence-corrected chi connectivity index (χ4v) is 1.88. The van der Waals surface area contributed by atoms with Crippen molar-refractivity contribution in [2.24, 2.45) is 0 Å². The van der Waals surface area contributed by atoms with Gasteiger partial charge in [0.05, 0.1) is 17.9 Å². The Kier molecular flexibility index (Phi) is 3.85. The zero-order valence-corrected chi connectivity index (χ0v) is 11.8. The minimum atomic E-state index is -0.310. The number of carbonyl (C=O) groups excluding carboxylic acids is 1. The first kappa shape index (κ1) is 13.9. The van der Waals surface area contributed by atoms with Crippen LogP contribution in [0, 0.1) is 0 Å². The average molecular weight is 266 g/mol. The number of hydrogen-bond acceptors (Lipinski definition) is 4. The third-order valence-electron chi connectivity index (χ3n) is 3.51. The number of hydrogen-bond donors (Lipinski definition) is 1. The van der Waals surface area contributed by atoms with E-state index in [1.54, 1.807) is 13.2 Å². The molecule has 1 saturated carbocycles. The van der Waals surface area contributed by atoms with Gasteiger partial charge in [0.2, 0.25) is 0 Å². The van der Waals surface area contributed by atoms with Crippen LogP contribution in [-0.2, 0) is 9.47 Å². The predicted molar refractivity (Wildman–Crippen MR) is 73.1 cm³/mol. The van der Waals surface area contributed by atoms with Crippen LogP contribution in [0.1, 0.15) is 49.6 Å². The molecule has 0 aromatic carbocycles. The number of carbonyl (C=O) groups is 1. The predicted octanol–water partition coefficient (Wildman–Crippen LogP) is 2.38. The van der Waals surface area contributed by atoms with Gasteiger partial charge in [-0.05, 0) is 32.8 Å². The van der Waals surface area contributed by atoms with Gasteiger partial charge in [-0.3, -0.25) is 0 Å². The molecule has 2 rings (SSSR count). The number of nitrogen functional groups attached to an aromatic ring is 1. The third-order valence-corrected chi connectivity index (χ3v) is 3.51. The molecule has 1 heterocycles. The van der Waals surface area contributed by atoms with E-state index < -0.39 is 0 Å². The zero-order valence-electron chi connectivity index (χ0n) is 11.8. The van der Waals surface area contributed by atoms with Crippen molar-refractivity contribution in [2.45, 2.75) is 44.8 Å². The highest BCUT2D eigenvalue weighted by Crippen LogP contribution is 2.37. The molecule has 1 aliphatic carbocycles. The second-order valence-electron chi connectivity index (χ2n) is 5.65. The topological polar surface area (TPSA) is 66.5 Å². The van der Waals surface area contributed by atoms with E-state index in [1.807, 2.05) is 24.6 Å². The minimum absolute atomic E-state index is 0.280. The number of ether oxygens (including phenoxy) is 2. The maximum atomic E-state index is 12.0. The van der Waals surface area contributed by atoms with Crippen molar-refractivity contribution in [2.75, 3.05) is 19.5 Å². The van der Waals surface area contributed by atoms with E-state index in [1.165, 1.54) is 0 Å². The standard InChI is InChI=1S/C14H22N2O3/c1-14(2,18-3)6-7-19-13(17)12-8-10(15)9-16(12)11-4-5-11/h8-9,11H,4-7,15H2,1-3H3. The summed E-state index contributed by atoms with van der Waals surface area (Å²) in [6.07, 6.45) is 4.68. The number of methoxy groups -OCH3 is 1. The van der Waals surface area contributed by atoms with Crippen LogP contribution in [0.15, 0.2) is 12.3 Å². The summed E-state index contributed by atoms with van der Waals surface area (Å²) in [5.41, 5.74) is 6.63. The van der Waals surface area contributed by atoms with Crippen LogP contribution in [0.2, 0.25) is 0 Å². The molecular weight excluding hydrogens is 244 g/mol. The van der Waals surface area contributed by atoms with Crippen molar-refractivity contribution < 1.29 is 14.3 Å². The molecule has 0 unspecified atom stereocenters. The Bertz CT molecular complexity index is 461. The number of aromatic nitrogens is 1. The van der Waals surface area contributed by atoms with Crippen molar-refractivity contribution >= 4 is 11.7 Å². The van der Waals surface area contributed by atoms with E-state index in [0.29, 0.717) is 30.5 Å². The SMILES string of the molecule is COC(C)(C)CCOC(=O)c1cc(N)cn1C1CC1. The molecule has 106 valence electrons. The molecule has 1 aliphatic rings. The van der Waals surface area contributed by atoms with Gasteiger partial charge in [0.1, 0.15) is 5.69 Å². The van der Waals surface area contributed by atoms with Gasteiger partial charge < -0.3 is 19.8 Å². The monoisotopic (exact) mass is 266 g/mol. The molecule has 0 atom stereocenters. The van der Waals surface area contributed by atoms with E-state index in [4.69, 9.17) is 15.2 Å².